The van der Waals surface area contributed by atoms with Gasteiger partial charge in [-0.25, -0.2) is 0 Å². The molecule has 0 rings (SSSR count). The first-order valence-electron chi connectivity index (χ1n) is 6.37. The van der Waals surface area contributed by atoms with E-state index in [1.165, 1.54) is 6.42 Å². The Labute approximate surface area is 124 Å². The third-order valence-corrected chi connectivity index (χ3v) is 2.57. The molecule has 3 heteroatoms. The van der Waals surface area contributed by atoms with Gasteiger partial charge < -0.3 is 5.11 Å². The highest BCUT2D eigenvalue weighted by atomic mass is 79.9. The summed E-state index contributed by atoms with van der Waals surface area (Å²) < 4.78 is 0. The molecule has 0 atom stereocenters. The second-order valence-electron chi connectivity index (χ2n) is 3.87. The minimum atomic E-state index is -0.776. The van der Waals surface area contributed by atoms with Crippen LogP contribution in [-0.4, -0.2) is 11.1 Å². The van der Waals surface area contributed by atoms with Crippen LogP contribution in [0, 0.1) is 23.7 Å². The van der Waals surface area contributed by atoms with Gasteiger partial charge in [-0.15, -0.1) is 0 Å². The molecule has 0 saturated carbocycles. The van der Waals surface area contributed by atoms with Gasteiger partial charge in [-0.05, 0) is 55.0 Å². The van der Waals surface area contributed by atoms with Gasteiger partial charge in [0, 0.05) is 12.8 Å². The van der Waals surface area contributed by atoms with Crippen molar-refractivity contribution in [1.29, 1.82) is 0 Å². The predicted octanol–water partition coefficient (Wildman–Crippen LogP) is 4.27. The number of allylic oxidation sites excluding steroid dienone is 3. The maximum atomic E-state index is 10.2. The molecule has 102 valence electrons. The molecule has 1 N–H and O–H groups in total. The molecule has 0 aromatic carbocycles. The lowest BCUT2D eigenvalue weighted by Crippen LogP contribution is -1.92. The molecule has 0 heterocycles. The lowest BCUT2D eigenvalue weighted by atomic mass is 10.2. The molecule has 19 heavy (non-hydrogen) atoms. The highest BCUT2D eigenvalue weighted by Crippen LogP contribution is 2.02. The molecule has 0 aromatic rings. The normalized spacial score (nSPS) is 9.95. The van der Waals surface area contributed by atoms with Crippen LogP contribution in [0.4, 0.5) is 0 Å². The molecule has 0 saturated heterocycles. The molecule has 0 bridgehead atoms. The van der Waals surface area contributed by atoms with Gasteiger partial charge in [0.2, 0.25) is 0 Å². The second-order valence-corrected chi connectivity index (χ2v) is 4.40. The Morgan fingerprint density at radius 3 is 2.53 bits per heavy atom. The van der Waals surface area contributed by atoms with E-state index in [4.69, 9.17) is 5.11 Å². The highest BCUT2D eigenvalue weighted by Gasteiger charge is 1.92. The van der Waals surface area contributed by atoms with Crippen molar-refractivity contribution >= 4 is 21.9 Å². The number of halogens is 1. The molecule has 0 fully saturated rings. The van der Waals surface area contributed by atoms with Crippen molar-refractivity contribution < 1.29 is 9.90 Å². The van der Waals surface area contributed by atoms with E-state index < -0.39 is 5.97 Å². The first-order valence-corrected chi connectivity index (χ1v) is 7.29. The van der Waals surface area contributed by atoms with Gasteiger partial charge in [0.1, 0.15) is 0 Å². The number of unbranched alkanes of at least 4 members (excludes halogenated alkanes) is 4. The monoisotopic (exact) mass is 322 g/mol. The quantitative estimate of drug-likeness (QED) is 0.535. The van der Waals surface area contributed by atoms with Crippen LogP contribution < -0.4 is 0 Å². The van der Waals surface area contributed by atoms with Crippen LogP contribution in [0.15, 0.2) is 23.2 Å². The van der Waals surface area contributed by atoms with Crippen molar-refractivity contribution in [3.05, 3.63) is 23.2 Å². The predicted molar refractivity (Wildman–Crippen MR) is 82.7 cm³/mol. The molecule has 0 aliphatic rings. The molecule has 0 aliphatic carbocycles. The average Bonchev–Trinajstić information content (AvgIpc) is 2.39. The van der Waals surface area contributed by atoms with Gasteiger partial charge >= 0.3 is 5.97 Å². The summed E-state index contributed by atoms with van der Waals surface area (Å²) in [5.74, 6) is 10.3. The fourth-order valence-corrected chi connectivity index (χ4v) is 1.51. The molecule has 0 aliphatic heterocycles. The van der Waals surface area contributed by atoms with Crippen LogP contribution in [0.3, 0.4) is 0 Å². The molecule has 2 nitrogen and oxygen atoms in total. The number of aliphatic carboxylic acids is 1. The summed E-state index contributed by atoms with van der Waals surface area (Å²) in [6.45, 7) is 0. The number of hydrogen-bond donors (Lipinski definition) is 1. The van der Waals surface area contributed by atoms with Gasteiger partial charge in [0.15, 0.2) is 0 Å². The van der Waals surface area contributed by atoms with Crippen LogP contribution in [0.25, 0.3) is 0 Å². The first-order chi connectivity index (χ1) is 9.27. The smallest absolute Gasteiger partial charge is 0.303 e. The Morgan fingerprint density at radius 2 is 1.84 bits per heavy atom. The van der Waals surface area contributed by atoms with Crippen LogP contribution in [-0.2, 0) is 4.79 Å². The number of hydrogen-bond acceptors (Lipinski definition) is 1. The third-order valence-electron chi connectivity index (χ3n) is 2.20. The van der Waals surface area contributed by atoms with Crippen molar-refractivity contribution in [2.24, 2.45) is 0 Å². The maximum Gasteiger partial charge on any atom is 0.303 e. The zero-order valence-electron chi connectivity index (χ0n) is 11.0. The van der Waals surface area contributed by atoms with Crippen LogP contribution in [0.1, 0.15) is 44.9 Å². The third kappa shape index (κ3) is 16.6. The summed E-state index contributed by atoms with van der Waals surface area (Å²) in [5, 5.41) is 8.41. The number of carboxylic acids is 1. The average molecular weight is 323 g/mol. The van der Waals surface area contributed by atoms with Gasteiger partial charge in [0.25, 0.3) is 0 Å². The zero-order chi connectivity index (χ0) is 14.2. The van der Waals surface area contributed by atoms with Gasteiger partial charge in [-0.1, -0.05) is 39.9 Å². The van der Waals surface area contributed by atoms with Crippen molar-refractivity contribution in [3.63, 3.8) is 0 Å². The number of carbonyl (C=O) groups is 1. The molecular formula is C16H19BrO2. The zero-order valence-corrected chi connectivity index (χ0v) is 12.6. The van der Waals surface area contributed by atoms with E-state index in [9.17, 15) is 4.79 Å². The molecule has 0 amide bonds. The molecular weight excluding hydrogens is 304 g/mol. The Morgan fingerprint density at radius 1 is 1.11 bits per heavy atom. The first kappa shape index (κ1) is 17.6. The summed E-state index contributed by atoms with van der Waals surface area (Å²) in [6.07, 6.45) is 11.8. The molecule has 0 spiro atoms. The van der Waals surface area contributed by atoms with Crippen LogP contribution >= 0.6 is 15.9 Å². The molecule has 0 radical (unpaired) electrons. The molecule has 0 unspecified atom stereocenters. The fraction of sp³-hybridized carbons (Fsp3) is 0.438. The Hall–Kier alpha value is -1.45. The van der Waals surface area contributed by atoms with Crippen molar-refractivity contribution in [2.45, 2.75) is 44.9 Å². The van der Waals surface area contributed by atoms with E-state index in [-0.39, 0.29) is 6.42 Å². The van der Waals surface area contributed by atoms with E-state index in [1.807, 2.05) is 11.1 Å². The Kier molecular flexibility index (Phi) is 13.5. The Bertz CT molecular complexity index is 414. The lowest BCUT2D eigenvalue weighted by Gasteiger charge is -1.90. The van der Waals surface area contributed by atoms with E-state index in [0.29, 0.717) is 12.8 Å². The number of carboxylic acid groups (broad SMARTS) is 1. The summed E-state index contributed by atoms with van der Waals surface area (Å²) in [7, 11) is 0. The Balaban J connectivity index is 3.52. The second kappa shape index (κ2) is 14.6. The topological polar surface area (TPSA) is 37.3 Å². The van der Waals surface area contributed by atoms with Crippen molar-refractivity contribution in [1.82, 2.24) is 0 Å². The highest BCUT2D eigenvalue weighted by molar-refractivity contribution is 9.11. The van der Waals surface area contributed by atoms with E-state index in [1.54, 1.807) is 0 Å². The largest absolute Gasteiger partial charge is 0.481 e. The maximum absolute atomic E-state index is 10.2. The minimum Gasteiger partial charge on any atom is -0.481 e. The summed E-state index contributed by atoms with van der Waals surface area (Å²) in [5.41, 5.74) is 0. The van der Waals surface area contributed by atoms with Gasteiger partial charge in [-0.2, -0.15) is 0 Å². The fourth-order valence-electron chi connectivity index (χ4n) is 1.24. The van der Waals surface area contributed by atoms with E-state index in [2.05, 4.69) is 51.8 Å². The van der Waals surface area contributed by atoms with Crippen molar-refractivity contribution in [3.8, 4) is 23.7 Å². The lowest BCUT2D eigenvalue weighted by molar-refractivity contribution is -0.137. The van der Waals surface area contributed by atoms with Crippen LogP contribution in [0.2, 0.25) is 0 Å². The number of rotatable bonds is 8. The minimum absolute atomic E-state index is 0.173. The molecule has 0 aromatic heterocycles. The van der Waals surface area contributed by atoms with Gasteiger partial charge in [-0.3, -0.25) is 4.79 Å². The van der Waals surface area contributed by atoms with E-state index in [0.717, 1.165) is 19.3 Å². The summed E-state index contributed by atoms with van der Waals surface area (Å²) >= 11 is 3.24. The standard InChI is InChI=1S/C16H19BrO2/c17-15-13-11-9-7-5-3-1-2-4-6-8-10-12-14-16(18)19/h1,3,13,15H,5,7,9-12,14H2,(H,18,19). The van der Waals surface area contributed by atoms with E-state index >= 15 is 0 Å². The van der Waals surface area contributed by atoms with Crippen molar-refractivity contribution in [2.75, 3.05) is 0 Å². The summed E-state index contributed by atoms with van der Waals surface area (Å²) in [6, 6.07) is 0. The summed E-state index contributed by atoms with van der Waals surface area (Å²) in [4.78, 5) is 12.1. The van der Waals surface area contributed by atoms with Gasteiger partial charge in [0.05, 0.1) is 0 Å². The SMILES string of the molecule is O=C(O)CCCC#CC#CC=CCCCCC=CBr. The van der Waals surface area contributed by atoms with Crippen LogP contribution in [0.5, 0.6) is 0 Å².